The Hall–Kier alpha value is -2.10. The molecule has 3 unspecified atom stereocenters. The number of carbonyl (C=O) groups excluding carboxylic acids is 3. The molecule has 0 saturated carbocycles. The third-order valence-corrected chi connectivity index (χ3v) is 11.2. The molecular weight excluding hydrogens is 568 g/mol. The van der Waals surface area contributed by atoms with E-state index in [0.717, 1.165) is 23.2 Å². The van der Waals surface area contributed by atoms with Crippen LogP contribution in [0.3, 0.4) is 0 Å². The number of likely N-dealkylation sites (tertiary alicyclic amines) is 1. The summed E-state index contributed by atoms with van der Waals surface area (Å²) in [6, 6.07) is 4.52. The Morgan fingerprint density at radius 3 is 2.74 bits per heavy atom. The number of thioether (sulfide) groups is 1. The van der Waals surface area contributed by atoms with E-state index in [-0.39, 0.29) is 41.6 Å². The molecule has 0 radical (unpaired) electrons. The van der Waals surface area contributed by atoms with Crippen molar-refractivity contribution in [3.63, 3.8) is 0 Å². The number of benzene rings is 1. The van der Waals surface area contributed by atoms with Gasteiger partial charge in [-0.3, -0.25) is 14.4 Å². The quantitative estimate of drug-likeness (QED) is 0.176. The number of aliphatic hydroxyl groups excluding tert-OH is 1. The number of ether oxygens (including phenoxy) is 1. The van der Waals surface area contributed by atoms with Crippen molar-refractivity contribution in [2.75, 3.05) is 24.7 Å². The number of hydrogen-bond acceptors (Lipinski definition) is 6. The van der Waals surface area contributed by atoms with Gasteiger partial charge < -0.3 is 19.6 Å². The maximum Gasteiger partial charge on any atom is 0.310 e. The largest absolute Gasteiger partial charge is 0.465 e. The summed E-state index contributed by atoms with van der Waals surface area (Å²) in [6.45, 7) is 13.5. The van der Waals surface area contributed by atoms with Gasteiger partial charge in [0.1, 0.15) is 6.04 Å². The number of nitrogens with zero attached hydrogens (tertiary/aromatic N) is 2. The molecule has 3 saturated heterocycles. The lowest BCUT2D eigenvalue weighted by molar-refractivity contribution is -0.154. The molecule has 3 heterocycles. The second kappa shape index (κ2) is 11.6. The monoisotopic (exact) mass is 604 g/mol. The van der Waals surface area contributed by atoms with E-state index < -0.39 is 34.6 Å². The molecule has 0 aromatic heterocycles. The molecule has 1 aromatic carbocycles. The number of alkyl halides is 1. The number of hydrogen-bond donors (Lipinski definition) is 1. The number of esters is 1. The van der Waals surface area contributed by atoms with Crippen molar-refractivity contribution in [2.24, 2.45) is 11.8 Å². The maximum absolute atomic E-state index is 14.6. The van der Waals surface area contributed by atoms with Crippen LogP contribution in [0.5, 0.6) is 0 Å². The van der Waals surface area contributed by atoms with Crippen LogP contribution in [0.15, 0.2) is 43.5 Å². The minimum absolute atomic E-state index is 0.0458. The molecule has 3 aliphatic rings. The number of anilines is 1. The average molecular weight is 606 g/mol. The van der Waals surface area contributed by atoms with Gasteiger partial charge in [0.05, 0.1) is 35.8 Å². The molecule has 7 nitrogen and oxygen atoms in total. The van der Waals surface area contributed by atoms with Gasteiger partial charge in [-0.25, -0.2) is 0 Å². The molecule has 2 bridgehead atoms. The third-order valence-electron chi connectivity index (χ3n) is 8.00. The highest BCUT2D eigenvalue weighted by atomic mass is 79.9. The Morgan fingerprint density at radius 2 is 2.08 bits per heavy atom. The van der Waals surface area contributed by atoms with E-state index in [2.05, 4.69) is 29.1 Å². The third kappa shape index (κ3) is 4.75. The topological polar surface area (TPSA) is 87.1 Å². The first kappa shape index (κ1) is 28.9. The van der Waals surface area contributed by atoms with Gasteiger partial charge in [0.15, 0.2) is 0 Å². The lowest BCUT2D eigenvalue weighted by Crippen LogP contribution is -2.57. The second-order valence-corrected chi connectivity index (χ2v) is 13.3. The van der Waals surface area contributed by atoms with Crippen molar-refractivity contribution in [2.45, 2.75) is 66.9 Å². The van der Waals surface area contributed by atoms with Crippen LogP contribution in [0.2, 0.25) is 0 Å². The van der Waals surface area contributed by atoms with Gasteiger partial charge >= 0.3 is 5.97 Å². The van der Waals surface area contributed by atoms with Crippen molar-refractivity contribution in [1.82, 2.24) is 4.90 Å². The van der Waals surface area contributed by atoms with Gasteiger partial charge in [0, 0.05) is 22.3 Å². The first-order valence-electron chi connectivity index (χ1n) is 13.1. The second-order valence-electron chi connectivity index (χ2n) is 10.6. The van der Waals surface area contributed by atoms with Crippen LogP contribution >= 0.6 is 27.7 Å². The highest BCUT2D eigenvalue weighted by Crippen LogP contribution is 2.68. The Kier molecular flexibility index (Phi) is 8.79. The molecule has 4 rings (SSSR count). The van der Waals surface area contributed by atoms with Gasteiger partial charge in [-0.15, -0.1) is 24.9 Å². The summed E-state index contributed by atoms with van der Waals surface area (Å²) < 4.78 is 4.83. The number of carbonyl (C=O) groups is 3. The molecule has 3 fully saturated rings. The minimum atomic E-state index is -0.837. The number of unbranched alkanes of at least 4 members (excludes halogenated alkanes) is 1. The highest BCUT2D eigenvalue weighted by Gasteiger charge is 2.76. The summed E-state index contributed by atoms with van der Waals surface area (Å²) in [5.74, 6) is -2.22. The standard InChI is InChI=1S/C29H37BrN2O5S/c1-6-8-9-13-37-28(36)22-23-26(34)32(19(5)16-33)25(29(23)15-20(30)24(22)38-29)27(35)31(12-7-2)21-14-17(3)10-11-18(21)4/h6-7,10-11,14,19-20,22-25,33H,1-2,8-9,12-13,15-16H2,3-5H3/t19-,20?,22+,23+,24+,25?,29?/m1/s1. The maximum atomic E-state index is 14.6. The van der Waals surface area contributed by atoms with Gasteiger partial charge in [0.2, 0.25) is 5.91 Å². The Bertz CT molecular complexity index is 1130. The van der Waals surface area contributed by atoms with E-state index in [9.17, 15) is 19.5 Å². The number of amides is 2. The van der Waals surface area contributed by atoms with Gasteiger partial charge in [-0.2, -0.15) is 0 Å². The first-order valence-corrected chi connectivity index (χ1v) is 14.9. The molecule has 1 spiro atoms. The summed E-state index contributed by atoms with van der Waals surface area (Å²) in [6.07, 6.45) is 5.43. The zero-order valence-electron chi connectivity index (χ0n) is 22.3. The number of fused-ring (bicyclic) bond motifs is 1. The zero-order chi connectivity index (χ0) is 27.8. The summed E-state index contributed by atoms with van der Waals surface area (Å²) in [5.41, 5.74) is 2.72. The van der Waals surface area contributed by atoms with Crippen molar-refractivity contribution in [1.29, 1.82) is 0 Å². The molecule has 3 aliphatic heterocycles. The predicted molar refractivity (Wildman–Crippen MR) is 154 cm³/mol. The van der Waals surface area contributed by atoms with Crippen LogP contribution in [0.4, 0.5) is 5.69 Å². The molecule has 38 heavy (non-hydrogen) atoms. The fraction of sp³-hybridized carbons (Fsp3) is 0.552. The van der Waals surface area contributed by atoms with Crippen LogP contribution in [-0.4, -0.2) is 74.5 Å². The number of rotatable bonds is 11. The van der Waals surface area contributed by atoms with E-state index in [4.69, 9.17) is 4.74 Å². The summed E-state index contributed by atoms with van der Waals surface area (Å²) >= 11 is 5.34. The smallest absolute Gasteiger partial charge is 0.310 e. The number of aryl methyl sites for hydroxylation is 2. The summed E-state index contributed by atoms with van der Waals surface area (Å²) in [4.78, 5) is 45.2. The van der Waals surface area contributed by atoms with Crippen LogP contribution in [0, 0.1) is 25.7 Å². The van der Waals surface area contributed by atoms with E-state index in [1.54, 1.807) is 40.6 Å². The number of halogens is 1. The highest BCUT2D eigenvalue weighted by molar-refractivity contribution is 9.09. The lowest BCUT2D eigenvalue weighted by Gasteiger charge is -2.39. The van der Waals surface area contributed by atoms with Gasteiger partial charge in [-0.1, -0.05) is 40.2 Å². The van der Waals surface area contributed by atoms with E-state index in [1.807, 2.05) is 32.0 Å². The van der Waals surface area contributed by atoms with Crippen LogP contribution in [0.1, 0.15) is 37.3 Å². The van der Waals surface area contributed by atoms with Crippen molar-refractivity contribution < 1.29 is 24.2 Å². The predicted octanol–water partition coefficient (Wildman–Crippen LogP) is 4.18. The summed E-state index contributed by atoms with van der Waals surface area (Å²) in [7, 11) is 0. The molecular formula is C29H37BrN2O5S. The molecule has 9 heteroatoms. The SMILES string of the molecule is C=CCCCOC(=O)[C@H]1[C@H]2C(=O)N([C@H](C)CO)C(C(=O)N(CC=C)c3cc(C)ccc3C)C23CC(Br)[C@@H]1S3. The molecule has 206 valence electrons. The molecule has 7 atom stereocenters. The van der Waals surface area contributed by atoms with E-state index in [1.165, 1.54) is 0 Å². The fourth-order valence-corrected chi connectivity index (χ4v) is 9.85. The fourth-order valence-electron chi connectivity index (χ4n) is 6.27. The average Bonchev–Trinajstić information content (AvgIpc) is 3.49. The Morgan fingerprint density at radius 1 is 1.34 bits per heavy atom. The van der Waals surface area contributed by atoms with Gasteiger partial charge in [0.25, 0.3) is 5.91 Å². The molecule has 2 amide bonds. The van der Waals surface area contributed by atoms with Crippen molar-refractivity contribution >= 4 is 51.2 Å². The Labute approximate surface area is 237 Å². The molecule has 1 N–H and O–H groups in total. The minimum Gasteiger partial charge on any atom is -0.465 e. The van der Waals surface area contributed by atoms with Crippen molar-refractivity contribution in [3.05, 3.63) is 54.6 Å². The van der Waals surface area contributed by atoms with Crippen LogP contribution in [0.25, 0.3) is 0 Å². The lowest BCUT2D eigenvalue weighted by atomic mass is 9.71. The zero-order valence-corrected chi connectivity index (χ0v) is 24.7. The Balaban J connectivity index is 1.77. The number of aliphatic hydroxyl groups is 1. The summed E-state index contributed by atoms with van der Waals surface area (Å²) in [5, 5.41) is 9.95. The van der Waals surface area contributed by atoms with Gasteiger partial charge in [-0.05, 0) is 57.2 Å². The van der Waals surface area contributed by atoms with Crippen molar-refractivity contribution in [3.8, 4) is 0 Å². The molecule has 1 aromatic rings. The molecule has 0 aliphatic carbocycles. The van der Waals surface area contributed by atoms with E-state index in [0.29, 0.717) is 12.8 Å². The van der Waals surface area contributed by atoms with E-state index >= 15 is 0 Å². The first-order chi connectivity index (χ1) is 18.1. The number of allylic oxidation sites excluding steroid dienone is 1. The normalized spacial score (nSPS) is 30.2. The van der Waals surface area contributed by atoms with Crippen LogP contribution in [-0.2, 0) is 19.1 Å². The van der Waals surface area contributed by atoms with Crippen LogP contribution < -0.4 is 4.90 Å².